The van der Waals surface area contributed by atoms with Gasteiger partial charge in [0.25, 0.3) is 5.91 Å². The third-order valence-corrected chi connectivity index (χ3v) is 4.48. The molecule has 0 heterocycles. The molecular weight excluding hydrogens is 359 g/mol. The van der Waals surface area contributed by atoms with Gasteiger partial charge in [-0.3, -0.25) is 9.59 Å². The van der Waals surface area contributed by atoms with Crippen molar-refractivity contribution in [3.8, 4) is 11.1 Å². The molecular formula is C22H27FN2O3. The number of aryl methyl sites for hydroxylation is 1. The molecule has 0 radical (unpaired) electrons. The number of nitrogens with one attached hydrogen (secondary N) is 1. The first-order valence-corrected chi connectivity index (χ1v) is 9.25. The predicted molar refractivity (Wildman–Crippen MR) is 109 cm³/mol. The third kappa shape index (κ3) is 4.95. The number of hydrogen-bond donors (Lipinski definition) is 2. The van der Waals surface area contributed by atoms with Crippen molar-refractivity contribution in [1.82, 2.24) is 5.32 Å². The average molecular weight is 386 g/mol. The number of rotatable bonds is 6. The Morgan fingerprint density at radius 3 is 2.39 bits per heavy atom. The van der Waals surface area contributed by atoms with E-state index in [0.29, 0.717) is 16.8 Å². The van der Waals surface area contributed by atoms with Gasteiger partial charge in [0.1, 0.15) is 5.82 Å². The Kier molecular flexibility index (Phi) is 6.91. The highest BCUT2D eigenvalue weighted by Crippen LogP contribution is 2.29. The van der Waals surface area contributed by atoms with Crippen LogP contribution in [-0.4, -0.2) is 36.6 Å². The highest BCUT2D eigenvalue weighted by atomic mass is 19.1. The lowest BCUT2D eigenvalue weighted by Gasteiger charge is -2.22. The number of carbonyl (C=O) groups is 2. The van der Waals surface area contributed by atoms with Crippen molar-refractivity contribution in [3.05, 3.63) is 53.3 Å². The fraction of sp³-hybridized carbons (Fsp3) is 0.364. The Balaban J connectivity index is 2.58. The summed E-state index contributed by atoms with van der Waals surface area (Å²) in [6.07, 6.45) is 0. The lowest BCUT2D eigenvalue weighted by Crippen LogP contribution is -2.35. The first-order chi connectivity index (χ1) is 13.1. The Labute approximate surface area is 165 Å². The Morgan fingerprint density at radius 2 is 1.82 bits per heavy atom. The molecule has 2 aromatic carbocycles. The second kappa shape index (κ2) is 8.97. The Hall–Kier alpha value is -2.73. The summed E-state index contributed by atoms with van der Waals surface area (Å²) in [5.41, 5.74) is 2.43. The molecule has 0 bridgehead atoms. The van der Waals surface area contributed by atoms with Crippen LogP contribution in [0.15, 0.2) is 36.4 Å². The molecule has 2 aromatic rings. The summed E-state index contributed by atoms with van der Waals surface area (Å²) in [7, 11) is 1.63. The molecule has 0 aliphatic carbocycles. The molecule has 5 nitrogen and oxygen atoms in total. The van der Waals surface area contributed by atoms with E-state index < -0.39 is 17.8 Å². The molecule has 2 N–H and O–H groups in total. The molecule has 0 fully saturated rings. The Bertz CT molecular complexity index is 880. The maximum absolute atomic E-state index is 14.5. The van der Waals surface area contributed by atoms with E-state index in [-0.39, 0.29) is 24.0 Å². The molecule has 0 aliphatic heterocycles. The van der Waals surface area contributed by atoms with Gasteiger partial charge in [-0.15, -0.1) is 0 Å². The van der Waals surface area contributed by atoms with Crippen LogP contribution in [0.3, 0.4) is 0 Å². The van der Waals surface area contributed by atoms with Crippen molar-refractivity contribution in [2.45, 2.75) is 33.7 Å². The second-order valence-electron chi connectivity index (χ2n) is 7.36. The first kappa shape index (κ1) is 21.6. The summed E-state index contributed by atoms with van der Waals surface area (Å²) in [5.74, 6) is -1.14. The van der Waals surface area contributed by atoms with E-state index in [2.05, 4.69) is 5.32 Å². The minimum atomic E-state index is -0.425. The molecule has 6 heteroatoms. The van der Waals surface area contributed by atoms with Gasteiger partial charge in [-0.25, -0.2) is 4.39 Å². The third-order valence-electron chi connectivity index (χ3n) is 4.48. The molecule has 0 saturated carbocycles. The van der Waals surface area contributed by atoms with E-state index in [9.17, 15) is 19.1 Å². The van der Waals surface area contributed by atoms with Crippen molar-refractivity contribution in [3.63, 3.8) is 0 Å². The van der Waals surface area contributed by atoms with Gasteiger partial charge in [0, 0.05) is 35.8 Å². The summed E-state index contributed by atoms with van der Waals surface area (Å²) in [5, 5.41) is 11.9. The first-order valence-electron chi connectivity index (χ1n) is 9.25. The summed E-state index contributed by atoms with van der Waals surface area (Å²) in [4.78, 5) is 26.5. The van der Waals surface area contributed by atoms with Gasteiger partial charge in [0.2, 0.25) is 5.91 Å². The molecule has 2 amide bonds. The van der Waals surface area contributed by atoms with E-state index >= 15 is 0 Å². The Morgan fingerprint density at radius 1 is 1.14 bits per heavy atom. The molecule has 0 aromatic heterocycles. The number of aliphatic hydroxyl groups is 1. The molecule has 0 spiro atoms. The normalized spacial score (nSPS) is 12.0. The number of aliphatic hydroxyl groups excluding tert-OH is 1. The quantitative estimate of drug-likeness (QED) is 0.798. The van der Waals surface area contributed by atoms with E-state index in [4.69, 9.17) is 0 Å². The number of carbonyl (C=O) groups excluding carboxylic acids is 2. The second-order valence-corrected chi connectivity index (χ2v) is 7.36. The zero-order chi connectivity index (χ0) is 21.0. The predicted octanol–water partition coefficient (Wildman–Crippen LogP) is 3.53. The van der Waals surface area contributed by atoms with Crippen LogP contribution in [0.4, 0.5) is 10.1 Å². The SMILES string of the molecule is Cc1ccc(-c2cc(C(=O)NC(C)CO)cc(N(C)C(=O)C(C)C)c2)c(F)c1. The van der Waals surface area contributed by atoms with Crippen LogP contribution in [0.2, 0.25) is 0 Å². The number of benzene rings is 2. The summed E-state index contributed by atoms with van der Waals surface area (Å²) in [6, 6.07) is 9.33. The maximum atomic E-state index is 14.5. The largest absolute Gasteiger partial charge is 0.394 e. The number of anilines is 1. The van der Waals surface area contributed by atoms with E-state index in [1.807, 2.05) is 0 Å². The van der Waals surface area contributed by atoms with Crippen molar-refractivity contribution < 1.29 is 19.1 Å². The van der Waals surface area contributed by atoms with Crippen LogP contribution in [0.1, 0.15) is 36.7 Å². The summed E-state index contributed by atoms with van der Waals surface area (Å²) >= 11 is 0. The minimum Gasteiger partial charge on any atom is -0.394 e. The number of halogens is 1. The van der Waals surface area contributed by atoms with Crippen molar-refractivity contribution in [1.29, 1.82) is 0 Å². The molecule has 2 rings (SSSR count). The van der Waals surface area contributed by atoms with Gasteiger partial charge < -0.3 is 15.3 Å². The molecule has 150 valence electrons. The average Bonchev–Trinajstić information content (AvgIpc) is 2.66. The lowest BCUT2D eigenvalue weighted by molar-refractivity contribution is -0.121. The number of nitrogens with zero attached hydrogens (tertiary/aromatic N) is 1. The molecule has 0 aliphatic rings. The van der Waals surface area contributed by atoms with Crippen LogP contribution < -0.4 is 10.2 Å². The standard InChI is InChI=1S/C22H27FN2O3/c1-13(2)22(28)25(5)18-10-16(19-7-6-14(3)8-20(19)23)9-17(11-18)21(27)24-15(4)12-26/h6-11,13,15,26H,12H2,1-5H3,(H,24,27). The number of hydrogen-bond acceptors (Lipinski definition) is 3. The van der Waals surface area contributed by atoms with Gasteiger partial charge in [-0.1, -0.05) is 26.0 Å². The molecule has 0 saturated heterocycles. The van der Waals surface area contributed by atoms with Crippen LogP contribution in [0, 0.1) is 18.7 Å². The minimum absolute atomic E-state index is 0.114. The van der Waals surface area contributed by atoms with E-state index in [1.54, 1.807) is 65.1 Å². The summed E-state index contributed by atoms with van der Waals surface area (Å²) < 4.78 is 14.5. The van der Waals surface area contributed by atoms with Crippen molar-refractivity contribution in [2.75, 3.05) is 18.6 Å². The maximum Gasteiger partial charge on any atom is 0.251 e. The molecule has 28 heavy (non-hydrogen) atoms. The van der Waals surface area contributed by atoms with Gasteiger partial charge in [-0.05, 0) is 49.2 Å². The number of amides is 2. The van der Waals surface area contributed by atoms with Crippen LogP contribution in [-0.2, 0) is 4.79 Å². The van der Waals surface area contributed by atoms with E-state index in [1.165, 1.54) is 11.0 Å². The van der Waals surface area contributed by atoms with Gasteiger partial charge in [-0.2, -0.15) is 0 Å². The zero-order valence-electron chi connectivity index (χ0n) is 16.9. The van der Waals surface area contributed by atoms with Crippen molar-refractivity contribution in [2.24, 2.45) is 5.92 Å². The van der Waals surface area contributed by atoms with E-state index in [0.717, 1.165) is 5.56 Å². The van der Waals surface area contributed by atoms with Gasteiger partial charge in [0.15, 0.2) is 0 Å². The van der Waals surface area contributed by atoms with Crippen LogP contribution in [0.25, 0.3) is 11.1 Å². The summed E-state index contributed by atoms with van der Waals surface area (Å²) in [6.45, 7) is 6.86. The lowest BCUT2D eigenvalue weighted by atomic mass is 9.99. The fourth-order valence-electron chi connectivity index (χ4n) is 2.81. The monoisotopic (exact) mass is 386 g/mol. The highest BCUT2D eigenvalue weighted by Gasteiger charge is 2.19. The van der Waals surface area contributed by atoms with Crippen LogP contribution in [0.5, 0.6) is 0 Å². The topological polar surface area (TPSA) is 69.6 Å². The molecule has 1 atom stereocenters. The molecule has 1 unspecified atom stereocenters. The fourth-order valence-corrected chi connectivity index (χ4v) is 2.81. The van der Waals surface area contributed by atoms with Gasteiger partial charge in [0.05, 0.1) is 6.61 Å². The van der Waals surface area contributed by atoms with Crippen molar-refractivity contribution >= 4 is 17.5 Å². The van der Waals surface area contributed by atoms with Crippen LogP contribution >= 0.6 is 0 Å². The smallest absolute Gasteiger partial charge is 0.251 e. The van der Waals surface area contributed by atoms with Gasteiger partial charge >= 0.3 is 0 Å². The highest BCUT2D eigenvalue weighted by molar-refractivity contribution is 6.00. The zero-order valence-corrected chi connectivity index (χ0v) is 16.9.